The summed E-state index contributed by atoms with van der Waals surface area (Å²) in [5, 5.41) is 11.5. The fraction of sp³-hybridized carbons (Fsp3) is 0.846. The zero-order valence-electron chi connectivity index (χ0n) is 12.5. The number of amides is 2. The Labute approximate surface area is 125 Å². The minimum Gasteiger partial charge on any atom is -0.480 e. The van der Waals surface area contributed by atoms with Gasteiger partial charge >= 0.3 is 12.0 Å². The third-order valence-corrected chi connectivity index (χ3v) is 4.62. The van der Waals surface area contributed by atoms with Crippen LogP contribution in [0.25, 0.3) is 0 Å². The van der Waals surface area contributed by atoms with Gasteiger partial charge in [-0.15, -0.1) is 0 Å². The summed E-state index contributed by atoms with van der Waals surface area (Å²) < 4.78 is 22.2. The molecule has 2 amide bonds. The Bertz CT molecular complexity index is 477. The zero-order chi connectivity index (χ0) is 16.0. The Morgan fingerprint density at radius 1 is 1.43 bits per heavy atom. The summed E-state index contributed by atoms with van der Waals surface area (Å²) in [4.78, 5) is 24.7. The third-order valence-electron chi connectivity index (χ3n) is 3.64. The van der Waals surface area contributed by atoms with E-state index in [0.29, 0.717) is 19.0 Å². The number of hydrogen-bond donors (Lipinski definition) is 2. The molecule has 1 fully saturated rings. The van der Waals surface area contributed by atoms with Gasteiger partial charge in [0.15, 0.2) is 0 Å². The Kier molecular flexibility index (Phi) is 6.44. The van der Waals surface area contributed by atoms with Gasteiger partial charge in [-0.1, -0.05) is 13.3 Å². The van der Waals surface area contributed by atoms with Crippen LogP contribution in [0.3, 0.4) is 0 Å². The van der Waals surface area contributed by atoms with Gasteiger partial charge in [-0.2, -0.15) is 0 Å². The molecule has 1 saturated heterocycles. The van der Waals surface area contributed by atoms with E-state index in [1.165, 1.54) is 0 Å². The summed E-state index contributed by atoms with van der Waals surface area (Å²) in [5.74, 6) is -1.00. The first-order chi connectivity index (χ1) is 9.73. The number of hydrogen-bond acceptors (Lipinski definition) is 4. The standard InChI is InChI=1S/C13H24N2O5S/c1-3-4-10-5-7-15(9-10)13(18)14-11(12(16)17)6-8-21(2,19)20/h10-11H,3-9H2,1-2H3,(H,14,18)(H,16,17). The van der Waals surface area contributed by atoms with Crippen LogP contribution in [0.15, 0.2) is 0 Å². The maximum Gasteiger partial charge on any atom is 0.326 e. The van der Waals surface area contributed by atoms with E-state index in [9.17, 15) is 18.0 Å². The van der Waals surface area contributed by atoms with Crippen molar-refractivity contribution in [2.75, 3.05) is 25.1 Å². The SMILES string of the molecule is CCCC1CCN(C(=O)NC(CCS(C)(=O)=O)C(=O)O)C1. The van der Waals surface area contributed by atoms with Gasteiger partial charge in [-0.3, -0.25) is 0 Å². The van der Waals surface area contributed by atoms with E-state index >= 15 is 0 Å². The number of carboxylic acid groups (broad SMARTS) is 1. The number of rotatable bonds is 7. The summed E-state index contributed by atoms with van der Waals surface area (Å²) in [7, 11) is -3.25. The molecule has 2 atom stereocenters. The first-order valence-corrected chi connectivity index (χ1v) is 9.25. The van der Waals surface area contributed by atoms with Gasteiger partial charge < -0.3 is 15.3 Å². The lowest BCUT2D eigenvalue weighted by Gasteiger charge is -2.21. The van der Waals surface area contributed by atoms with Crippen molar-refractivity contribution in [1.29, 1.82) is 0 Å². The summed E-state index contributed by atoms with van der Waals surface area (Å²) in [6.45, 7) is 3.35. The number of carbonyl (C=O) groups is 2. The first kappa shape index (κ1) is 17.7. The number of aliphatic carboxylic acids is 1. The number of carbonyl (C=O) groups excluding carboxylic acids is 1. The monoisotopic (exact) mass is 320 g/mol. The van der Waals surface area contributed by atoms with Gasteiger partial charge in [0.1, 0.15) is 15.9 Å². The minimum atomic E-state index is -3.25. The molecular weight excluding hydrogens is 296 g/mol. The lowest BCUT2D eigenvalue weighted by atomic mass is 10.0. The van der Waals surface area contributed by atoms with Crippen LogP contribution >= 0.6 is 0 Å². The number of nitrogens with one attached hydrogen (secondary N) is 1. The molecule has 122 valence electrons. The average Bonchev–Trinajstić information content (AvgIpc) is 2.81. The number of carboxylic acids is 1. The van der Waals surface area contributed by atoms with Gasteiger partial charge in [-0.25, -0.2) is 18.0 Å². The number of likely N-dealkylation sites (tertiary alicyclic amines) is 1. The van der Waals surface area contributed by atoms with Gasteiger partial charge in [0.05, 0.1) is 5.75 Å². The smallest absolute Gasteiger partial charge is 0.326 e. The van der Waals surface area contributed by atoms with Crippen LogP contribution in [0.2, 0.25) is 0 Å². The molecule has 21 heavy (non-hydrogen) atoms. The molecule has 2 unspecified atom stereocenters. The maximum absolute atomic E-state index is 12.0. The molecule has 8 heteroatoms. The summed E-state index contributed by atoms with van der Waals surface area (Å²) >= 11 is 0. The van der Waals surface area contributed by atoms with E-state index in [-0.39, 0.29) is 12.2 Å². The topological polar surface area (TPSA) is 104 Å². The van der Waals surface area contributed by atoms with E-state index in [1.54, 1.807) is 4.90 Å². The van der Waals surface area contributed by atoms with Gasteiger partial charge in [0, 0.05) is 19.3 Å². The van der Waals surface area contributed by atoms with E-state index in [0.717, 1.165) is 25.5 Å². The number of sulfone groups is 1. The van der Waals surface area contributed by atoms with Gasteiger partial charge in [0.2, 0.25) is 0 Å². The van der Waals surface area contributed by atoms with E-state index < -0.39 is 27.9 Å². The van der Waals surface area contributed by atoms with Crippen LogP contribution in [0.5, 0.6) is 0 Å². The van der Waals surface area contributed by atoms with E-state index in [2.05, 4.69) is 12.2 Å². The van der Waals surface area contributed by atoms with Crippen LogP contribution in [0.1, 0.15) is 32.6 Å². The van der Waals surface area contributed by atoms with E-state index in [1.807, 2.05) is 0 Å². The fourth-order valence-corrected chi connectivity index (χ4v) is 3.15. The summed E-state index contributed by atoms with van der Waals surface area (Å²) in [6.07, 6.45) is 3.98. The molecule has 1 heterocycles. The Morgan fingerprint density at radius 2 is 2.10 bits per heavy atom. The lowest BCUT2D eigenvalue weighted by molar-refractivity contribution is -0.139. The molecule has 0 saturated carbocycles. The third kappa shape index (κ3) is 6.33. The van der Waals surface area contributed by atoms with Gasteiger partial charge in [0.25, 0.3) is 0 Å². The zero-order valence-corrected chi connectivity index (χ0v) is 13.4. The highest BCUT2D eigenvalue weighted by Gasteiger charge is 2.29. The first-order valence-electron chi connectivity index (χ1n) is 7.19. The number of urea groups is 1. The second kappa shape index (κ2) is 7.63. The second-order valence-electron chi connectivity index (χ2n) is 5.65. The van der Waals surface area contributed by atoms with Crippen molar-refractivity contribution in [3.8, 4) is 0 Å². The van der Waals surface area contributed by atoms with Crippen molar-refractivity contribution in [3.05, 3.63) is 0 Å². The van der Waals surface area contributed by atoms with Gasteiger partial charge in [-0.05, 0) is 25.2 Å². The Morgan fingerprint density at radius 3 is 2.62 bits per heavy atom. The van der Waals surface area contributed by atoms with Crippen molar-refractivity contribution >= 4 is 21.8 Å². The summed E-state index contributed by atoms with van der Waals surface area (Å²) in [6, 6.07) is -1.59. The molecule has 0 radical (unpaired) electrons. The van der Waals surface area contributed by atoms with Crippen molar-refractivity contribution in [1.82, 2.24) is 10.2 Å². The molecule has 1 aliphatic rings. The van der Waals surface area contributed by atoms with Crippen molar-refractivity contribution in [2.45, 2.75) is 38.6 Å². The Balaban J connectivity index is 2.51. The lowest BCUT2D eigenvalue weighted by Crippen LogP contribution is -2.47. The molecule has 2 N–H and O–H groups in total. The molecular formula is C13H24N2O5S. The number of nitrogens with zero attached hydrogens (tertiary/aromatic N) is 1. The molecule has 0 bridgehead atoms. The largest absolute Gasteiger partial charge is 0.480 e. The predicted molar refractivity (Wildman–Crippen MR) is 78.9 cm³/mol. The normalized spacial score (nSPS) is 20.3. The highest BCUT2D eigenvalue weighted by Crippen LogP contribution is 2.20. The molecule has 7 nitrogen and oxygen atoms in total. The fourth-order valence-electron chi connectivity index (χ4n) is 2.49. The van der Waals surface area contributed by atoms with E-state index in [4.69, 9.17) is 5.11 Å². The van der Waals surface area contributed by atoms with Crippen molar-refractivity contribution in [2.24, 2.45) is 5.92 Å². The molecule has 1 rings (SSSR count). The van der Waals surface area contributed by atoms with Crippen molar-refractivity contribution in [3.63, 3.8) is 0 Å². The maximum atomic E-state index is 12.0. The highest BCUT2D eigenvalue weighted by molar-refractivity contribution is 7.90. The van der Waals surface area contributed by atoms with Crippen LogP contribution in [-0.4, -0.2) is 61.6 Å². The minimum absolute atomic E-state index is 0.119. The molecule has 0 aromatic heterocycles. The predicted octanol–water partition coefficient (Wildman–Crippen LogP) is 0.706. The molecule has 0 aromatic carbocycles. The molecule has 0 aliphatic carbocycles. The molecule has 0 aromatic rings. The molecule has 0 spiro atoms. The summed E-state index contributed by atoms with van der Waals surface area (Å²) in [5.41, 5.74) is 0. The van der Waals surface area contributed by atoms with Crippen molar-refractivity contribution < 1.29 is 23.1 Å². The Hall–Kier alpha value is -1.31. The van der Waals surface area contributed by atoms with Crippen LogP contribution in [-0.2, 0) is 14.6 Å². The van der Waals surface area contributed by atoms with Crippen LogP contribution in [0, 0.1) is 5.92 Å². The second-order valence-corrected chi connectivity index (χ2v) is 7.91. The molecule has 1 aliphatic heterocycles. The quantitative estimate of drug-likeness (QED) is 0.719. The van der Waals surface area contributed by atoms with Crippen LogP contribution < -0.4 is 5.32 Å². The average molecular weight is 320 g/mol. The highest BCUT2D eigenvalue weighted by atomic mass is 32.2. The van der Waals surface area contributed by atoms with Crippen LogP contribution in [0.4, 0.5) is 4.79 Å².